The van der Waals surface area contributed by atoms with Crippen molar-refractivity contribution in [3.05, 3.63) is 52.0 Å². The van der Waals surface area contributed by atoms with Crippen LogP contribution in [0.25, 0.3) is 0 Å². The molecule has 1 saturated heterocycles. The molecule has 0 bridgehead atoms. The van der Waals surface area contributed by atoms with Crippen molar-refractivity contribution in [2.75, 3.05) is 25.0 Å². The van der Waals surface area contributed by atoms with Crippen LogP contribution in [0.4, 0.5) is 18.9 Å². The van der Waals surface area contributed by atoms with E-state index in [-0.39, 0.29) is 20.7 Å². The summed E-state index contributed by atoms with van der Waals surface area (Å²) in [4.78, 5) is 12.0. The Labute approximate surface area is 186 Å². The van der Waals surface area contributed by atoms with Gasteiger partial charge in [-0.25, -0.2) is 8.42 Å². The molecular weight excluding hydrogens is 480 g/mol. The summed E-state index contributed by atoms with van der Waals surface area (Å²) < 4.78 is 71.9. The fourth-order valence-corrected chi connectivity index (χ4v) is 5.14. The molecule has 0 radical (unpaired) electrons. The predicted molar refractivity (Wildman–Crippen MR) is 110 cm³/mol. The minimum Gasteiger partial charge on any atom is -0.482 e. The number of benzene rings is 2. The number of halogens is 5. The number of anilines is 1. The first-order valence-corrected chi connectivity index (χ1v) is 11.3. The lowest BCUT2D eigenvalue weighted by Crippen LogP contribution is -2.29. The molecule has 1 aliphatic rings. The Morgan fingerprint density at radius 2 is 1.68 bits per heavy atom. The molecule has 2 aromatic carbocycles. The van der Waals surface area contributed by atoms with Gasteiger partial charge in [-0.2, -0.15) is 17.5 Å². The SMILES string of the molecule is O=C(COc1ccc(Cl)cc1S(=O)(=O)N1CCCC1)Nc1ccc(Cl)cc1C(F)(F)F. The number of nitrogens with one attached hydrogen (secondary N) is 1. The van der Waals surface area contributed by atoms with Crippen molar-refractivity contribution in [2.45, 2.75) is 23.9 Å². The summed E-state index contributed by atoms with van der Waals surface area (Å²) in [5.74, 6) is -1.04. The molecule has 0 saturated carbocycles. The van der Waals surface area contributed by atoms with E-state index in [0.717, 1.165) is 18.9 Å². The Hall–Kier alpha value is -2.01. The third-order valence-corrected chi connectivity index (χ3v) is 6.90. The monoisotopic (exact) mass is 496 g/mol. The van der Waals surface area contributed by atoms with Crippen molar-refractivity contribution in [3.8, 4) is 5.75 Å². The van der Waals surface area contributed by atoms with Gasteiger partial charge in [0.1, 0.15) is 10.6 Å². The highest BCUT2D eigenvalue weighted by Crippen LogP contribution is 2.36. The maximum Gasteiger partial charge on any atom is 0.418 e. The van der Waals surface area contributed by atoms with E-state index in [1.165, 1.54) is 28.6 Å². The number of hydrogen-bond acceptors (Lipinski definition) is 4. The van der Waals surface area contributed by atoms with Crippen LogP contribution in [-0.2, 0) is 21.0 Å². The topological polar surface area (TPSA) is 75.7 Å². The lowest BCUT2D eigenvalue weighted by Gasteiger charge is -2.19. The minimum absolute atomic E-state index is 0.126. The molecule has 1 aliphatic heterocycles. The molecular formula is C19H17Cl2F3N2O4S. The van der Waals surface area contributed by atoms with Gasteiger partial charge < -0.3 is 10.1 Å². The fourth-order valence-electron chi connectivity index (χ4n) is 3.06. The molecule has 0 atom stereocenters. The van der Waals surface area contributed by atoms with Crippen LogP contribution in [0.2, 0.25) is 10.0 Å². The van der Waals surface area contributed by atoms with Crippen molar-refractivity contribution in [1.82, 2.24) is 4.31 Å². The fraction of sp³-hybridized carbons (Fsp3) is 0.316. The summed E-state index contributed by atoms with van der Waals surface area (Å²) in [6.07, 6.45) is -3.29. The van der Waals surface area contributed by atoms with Crippen molar-refractivity contribution in [3.63, 3.8) is 0 Å². The average molecular weight is 497 g/mol. The first-order valence-electron chi connectivity index (χ1n) is 9.07. The highest BCUT2D eigenvalue weighted by Gasteiger charge is 2.34. The molecule has 0 spiro atoms. The number of alkyl halides is 3. The van der Waals surface area contributed by atoms with Crippen LogP contribution < -0.4 is 10.1 Å². The Bertz CT molecular complexity index is 1090. The first-order chi connectivity index (χ1) is 14.5. The van der Waals surface area contributed by atoms with E-state index in [0.29, 0.717) is 19.2 Å². The lowest BCUT2D eigenvalue weighted by atomic mass is 10.1. The highest BCUT2D eigenvalue weighted by molar-refractivity contribution is 7.89. The van der Waals surface area contributed by atoms with E-state index in [1.54, 1.807) is 0 Å². The van der Waals surface area contributed by atoms with E-state index < -0.39 is 40.0 Å². The maximum absolute atomic E-state index is 13.2. The number of ether oxygens (including phenoxy) is 1. The molecule has 12 heteroatoms. The van der Waals surface area contributed by atoms with Gasteiger partial charge in [-0.1, -0.05) is 23.2 Å². The predicted octanol–water partition coefficient (Wildman–Crippen LogP) is 4.81. The normalized spacial score (nSPS) is 15.1. The van der Waals surface area contributed by atoms with Gasteiger partial charge in [0.2, 0.25) is 10.0 Å². The van der Waals surface area contributed by atoms with Gasteiger partial charge in [-0.3, -0.25) is 4.79 Å². The van der Waals surface area contributed by atoms with Crippen molar-refractivity contribution in [1.29, 1.82) is 0 Å². The summed E-state index contributed by atoms with van der Waals surface area (Å²) in [6, 6.07) is 6.81. The zero-order valence-electron chi connectivity index (χ0n) is 15.9. The largest absolute Gasteiger partial charge is 0.482 e. The third kappa shape index (κ3) is 5.62. The second-order valence-electron chi connectivity index (χ2n) is 6.73. The van der Waals surface area contributed by atoms with Crippen LogP contribution in [0.1, 0.15) is 18.4 Å². The second kappa shape index (κ2) is 9.23. The van der Waals surface area contributed by atoms with Gasteiger partial charge in [-0.15, -0.1) is 0 Å². The Kier molecular flexibility index (Phi) is 7.04. The molecule has 1 heterocycles. The van der Waals surface area contributed by atoms with Gasteiger partial charge >= 0.3 is 6.18 Å². The summed E-state index contributed by atoms with van der Waals surface area (Å²) in [5.41, 5.74) is -1.61. The highest BCUT2D eigenvalue weighted by atomic mass is 35.5. The molecule has 168 valence electrons. The van der Waals surface area contributed by atoms with Crippen LogP contribution in [0.15, 0.2) is 41.3 Å². The number of carbonyl (C=O) groups is 1. The summed E-state index contributed by atoms with van der Waals surface area (Å²) >= 11 is 11.6. The first kappa shape index (κ1) is 23.6. The zero-order valence-corrected chi connectivity index (χ0v) is 18.2. The molecule has 0 unspecified atom stereocenters. The van der Waals surface area contributed by atoms with Crippen LogP contribution in [0, 0.1) is 0 Å². The smallest absolute Gasteiger partial charge is 0.418 e. The molecule has 6 nitrogen and oxygen atoms in total. The molecule has 1 fully saturated rings. The van der Waals surface area contributed by atoms with E-state index >= 15 is 0 Å². The molecule has 1 amide bonds. The Morgan fingerprint density at radius 3 is 2.32 bits per heavy atom. The number of sulfonamides is 1. The number of hydrogen-bond donors (Lipinski definition) is 1. The number of rotatable bonds is 6. The second-order valence-corrected chi connectivity index (χ2v) is 9.51. The molecule has 3 rings (SSSR count). The standard InChI is InChI=1S/C19H17Cl2F3N2O4S/c20-12-3-5-15(14(9-12)19(22,23)24)25-18(27)11-30-16-6-4-13(21)10-17(16)31(28,29)26-7-1-2-8-26/h3-6,9-10H,1-2,7-8,11H2,(H,25,27). The summed E-state index contributed by atoms with van der Waals surface area (Å²) in [5, 5.41) is 2.13. The van der Waals surface area contributed by atoms with Gasteiger partial charge in [0.05, 0.1) is 11.3 Å². The van der Waals surface area contributed by atoms with Gasteiger partial charge in [0.25, 0.3) is 5.91 Å². The van der Waals surface area contributed by atoms with E-state index in [2.05, 4.69) is 5.32 Å². The number of carbonyl (C=O) groups excluding carboxylic acids is 1. The number of nitrogens with zero attached hydrogens (tertiary/aromatic N) is 1. The third-order valence-electron chi connectivity index (χ3n) is 4.51. The lowest BCUT2D eigenvalue weighted by molar-refractivity contribution is -0.137. The van der Waals surface area contributed by atoms with Gasteiger partial charge in [0.15, 0.2) is 6.61 Å². The van der Waals surface area contributed by atoms with E-state index in [9.17, 15) is 26.4 Å². The van der Waals surface area contributed by atoms with Crippen LogP contribution in [-0.4, -0.2) is 38.3 Å². The van der Waals surface area contributed by atoms with Crippen LogP contribution >= 0.6 is 23.2 Å². The van der Waals surface area contributed by atoms with Crippen LogP contribution in [0.5, 0.6) is 5.75 Å². The molecule has 2 aromatic rings. The Morgan fingerprint density at radius 1 is 1.06 bits per heavy atom. The molecule has 0 aromatic heterocycles. The minimum atomic E-state index is -4.73. The van der Waals surface area contributed by atoms with Gasteiger partial charge in [-0.05, 0) is 49.2 Å². The average Bonchev–Trinajstić information content (AvgIpc) is 3.23. The van der Waals surface area contributed by atoms with Crippen LogP contribution in [0.3, 0.4) is 0 Å². The van der Waals surface area contributed by atoms with E-state index in [4.69, 9.17) is 27.9 Å². The van der Waals surface area contributed by atoms with Crippen molar-refractivity contribution in [2.24, 2.45) is 0 Å². The van der Waals surface area contributed by atoms with Gasteiger partial charge in [0, 0.05) is 23.1 Å². The summed E-state index contributed by atoms with van der Waals surface area (Å²) in [7, 11) is -3.90. The summed E-state index contributed by atoms with van der Waals surface area (Å²) in [6.45, 7) is -0.0127. The zero-order chi connectivity index (χ0) is 22.8. The number of amides is 1. The quantitative estimate of drug-likeness (QED) is 0.622. The van der Waals surface area contributed by atoms with Crippen molar-refractivity contribution >= 4 is 44.8 Å². The molecule has 31 heavy (non-hydrogen) atoms. The van der Waals surface area contributed by atoms with E-state index in [1.807, 2.05) is 0 Å². The van der Waals surface area contributed by atoms with Crippen molar-refractivity contribution < 1.29 is 31.1 Å². The maximum atomic E-state index is 13.2. The molecule has 0 aliphatic carbocycles. The Balaban J connectivity index is 1.78. The molecule has 1 N–H and O–H groups in total.